The Balaban J connectivity index is 0.00000676. The van der Waals surface area contributed by atoms with E-state index in [9.17, 15) is 14.9 Å². The molecule has 0 spiro atoms. The quantitative estimate of drug-likeness (QED) is 0.179. The maximum atomic E-state index is 12.0. The Labute approximate surface area is 177 Å². The van der Waals surface area contributed by atoms with E-state index in [1.807, 2.05) is 20.8 Å². The number of hydrogen-bond donors (Lipinski definition) is 3. The second kappa shape index (κ2) is 11.7. The van der Waals surface area contributed by atoms with E-state index in [0.717, 1.165) is 5.56 Å². The zero-order valence-electron chi connectivity index (χ0n) is 16.5. The molecule has 0 radical (unpaired) electrons. The first-order chi connectivity index (χ1) is 12.1. The number of amides is 1. The summed E-state index contributed by atoms with van der Waals surface area (Å²) < 4.78 is 0. The minimum atomic E-state index is -0.432. The lowest BCUT2D eigenvalue weighted by molar-refractivity contribution is -0.384. The van der Waals surface area contributed by atoms with Crippen molar-refractivity contribution in [2.75, 3.05) is 13.1 Å². The van der Waals surface area contributed by atoms with E-state index >= 15 is 0 Å². The molecule has 9 heteroatoms. The number of nitrogens with zero attached hydrogens (tertiary/aromatic N) is 2. The summed E-state index contributed by atoms with van der Waals surface area (Å²) in [5, 5.41) is 19.8. The number of halogens is 1. The van der Waals surface area contributed by atoms with E-state index in [1.165, 1.54) is 12.1 Å². The Morgan fingerprint density at radius 3 is 2.26 bits per heavy atom. The average molecular weight is 491 g/mol. The number of benzene rings is 1. The Morgan fingerprint density at radius 2 is 1.78 bits per heavy atom. The number of carbonyl (C=O) groups excluding carboxylic acids is 1. The summed E-state index contributed by atoms with van der Waals surface area (Å²) >= 11 is 0. The number of guanidine groups is 1. The number of nitro groups is 1. The number of non-ortho nitro benzene ring substituents is 1. The van der Waals surface area contributed by atoms with Crippen LogP contribution in [0.2, 0.25) is 0 Å². The molecule has 152 valence electrons. The SMILES string of the molecule is CC(C)CNC(=NCc1ccc([N+](=O)[O-])cc1)NCC(=O)NC(C)(C)C.I. The van der Waals surface area contributed by atoms with Crippen molar-refractivity contribution in [1.82, 2.24) is 16.0 Å². The molecular weight excluding hydrogens is 461 g/mol. The number of nitro benzene ring substituents is 1. The third-order valence-electron chi connectivity index (χ3n) is 3.18. The molecule has 0 heterocycles. The first-order valence-corrected chi connectivity index (χ1v) is 8.63. The summed E-state index contributed by atoms with van der Waals surface area (Å²) in [6.07, 6.45) is 0. The summed E-state index contributed by atoms with van der Waals surface area (Å²) in [6, 6.07) is 6.26. The molecule has 0 fully saturated rings. The first-order valence-electron chi connectivity index (χ1n) is 8.63. The highest BCUT2D eigenvalue weighted by Gasteiger charge is 2.14. The highest BCUT2D eigenvalue weighted by molar-refractivity contribution is 14.0. The van der Waals surface area contributed by atoms with E-state index in [2.05, 4.69) is 34.8 Å². The summed E-state index contributed by atoms with van der Waals surface area (Å²) in [7, 11) is 0. The van der Waals surface area contributed by atoms with Gasteiger partial charge < -0.3 is 16.0 Å². The van der Waals surface area contributed by atoms with Gasteiger partial charge in [-0.1, -0.05) is 26.0 Å². The fourth-order valence-corrected chi connectivity index (χ4v) is 1.99. The van der Waals surface area contributed by atoms with Crippen molar-refractivity contribution >= 4 is 41.5 Å². The van der Waals surface area contributed by atoms with Gasteiger partial charge in [0.15, 0.2) is 5.96 Å². The van der Waals surface area contributed by atoms with Crippen LogP contribution in [0.5, 0.6) is 0 Å². The van der Waals surface area contributed by atoms with Crippen molar-refractivity contribution < 1.29 is 9.72 Å². The molecule has 0 aromatic heterocycles. The number of rotatable bonds is 7. The minimum absolute atomic E-state index is 0. The van der Waals surface area contributed by atoms with Gasteiger partial charge in [-0.25, -0.2) is 4.99 Å². The van der Waals surface area contributed by atoms with E-state index in [4.69, 9.17) is 0 Å². The van der Waals surface area contributed by atoms with Gasteiger partial charge in [-0.3, -0.25) is 14.9 Å². The summed E-state index contributed by atoms with van der Waals surface area (Å²) in [5.41, 5.74) is 0.605. The van der Waals surface area contributed by atoms with Gasteiger partial charge in [-0.15, -0.1) is 24.0 Å². The fraction of sp³-hybridized carbons (Fsp3) is 0.556. The Kier molecular flexibility index (Phi) is 10.9. The van der Waals surface area contributed by atoms with E-state index in [0.29, 0.717) is 25.0 Å². The third kappa shape index (κ3) is 11.4. The normalized spacial score (nSPS) is 11.6. The maximum absolute atomic E-state index is 12.0. The molecule has 0 bridgehead atoms. The first kappa shape index (κ1) is 25.1. The summed E-state index contributed by atoms with van der Waals surface area (Å²) in [5.74, 6) is 0.831. The molecule has 8 nitrogen and oxygen atoms in total. The molecule has 0 saturated heterocycles. The predicted octanol–water partition coefficient (Wildman–Crippen LogP) is 2.82. The number of carbonyl (C=O) groups is 1. The van der Waals surface area contributed by atoms with Crippen LogP contribution in [-0.4, -0.2) is 35.4 Å². The molecule has 1 aromatic rings. The smallest absolute Gasteiger partial charge is 0.269 e. The van der Waals surface area contributed by atoms with Crippen molar-refractivity contribution in [3.8, 4) is 0 Å². The van der Waals surface area contributed by atoms with Crippen LogP contribution in [0.3, 0.4) is 0 Å². The van der Waals surface area contributed by atoms with Crippen LogP contribution >= 0.6 is 24.0 Å². The number of aliphatic imine (C=N–C) groups is 1. The summed E-state index contributed by atoms with van der Waals surface area (Å²) in [6.45, 7) is 11.1. The van der Waals surface area contributed by atoms with Crippen LogP contribution < -0.4 is 16.0 Å². The van der Waals surface area contributed by atoms with Gasteiger partial charge in [-0.2, -0.15) is 0 Å². The minimum Gasteiger partial charge on any atom is -0.356 e. The monoisotopic (exact) mass is 491 g/mol. The topological polar surface area (TPSA) is 109 Å². The lowest BCUT2D eigenvalue weighted by atomic mass is 10.1. The summed E-state index contributed by atoms with van der Waals surface area (Å²) in [4.78, 5) is 26.7. The Hall–Kier alpha value is -1.91. The Morgan fingerprint density at radius 1 is 1.19 bits per heavy atom. The molecular formula is C18H30IN5O3. The highest BCUT2D eigenvalue weighted by Crippen LogP contribution is 2.12. The molecule has 0 unspecified atom stereocenters. The second-order valence-electron chi connectivity index (χ2n) is 7.51. The van der Waals surface area contributed by atoms with Crippen molar-refractivity contribution in [3.05, 3.63) is 39.9 Å². The second-order valence-corrected chi connectivity index (χ2v) is 7.51. The van der Waals surface area contributed by atoms with Crippen molar-refractivity contribution in [3.63, 3.8) is 0 Å². The molecule has 3 N–H and O–H groups in total. The van der Waals surface area contributed by atoms with Crippen LogP contribution in [0.4, 0.5) is 5.69 Å². The highest BCUT2D eigenvalue weighted by atomic mass is 127. The number of nitrogens with one attached hydrogen (secondary N) is 3. The zero-order chi connectivity index (χ0) is 19.7. The van der Waals surface area contributed by atoms with Crippen LogP contribution in [-0.2, 0) is 11.3 Å². The van der Waals surface area contributed by atoms with Crippen molar-refractivity contribution in [2.45, 2.75) is 46.7 Å². The van der Waals surface area contributed by atoms with Gasteiger partial charge in [-0.05, 0) is 32.3 Å². The van der Waals surface area contributed by atoms with Gasteiger partial charge >= 0.3 is 0 Å². The van der Waals surface area contributed by atoms with Gasteiger partial charge in [0.25, 0.3) is 5.69 Å². The standard InChI is InChI=1S/C18H29N5O3.HI/c1-13(2)10-19-17(21-12-16(24)22-18(3,4)5)20-11-14-6-8-15(9-7-14)23(25)26;/h6-9,13H,10-12H2,1-5H3,(H,22,24)(H2,19,20,21);1H. The van der Waals surface area contributed by atoms with Crippen LogP contribution in [0, 0.1) is 16.0 Å². The van der Waals surface area contributed by atoms with Gasteiger partial charge in [0, 0.05) is 24.2 Å². The molecule has 0 saturated carbocycles. The zero-order valence-corrected chi connectivity index (χ0v) is 18.9. The van der Waals surface area contributed by atoms with Crippen molar-refractivity contribution in [1.29, 1.82) is 0 Å². The molecule has 1 amide bonds. The van der Waals surface area contributed by atoms with Crippen LogP contribution in [0.15, 0.2) is 29.3 Å². The van der Waals surface area contributed by atoms with Gasteiger partial charge in [0.05, 0.1) is 18.0 Å². The lowest BCUT2D eigenvalue weighted by Crippen LogP contribution is -2.48. The van der Waals surface area contributed by atoms with E-state index in [1.54, 1.807) is 12.1 Å². The fourth-order valence-electron chi connectivity index (χ4n) is 1.99. The van der Waals surface area contributed by atoms with E-state index < -0.39 is 4.92 Å². The van der Waals surface area contributed by atoms with Crippen LogP contribution in [0.1, 0.15) is 40.2 Å². The molecule has 0 atom stereocenters. The van der Waals surface area contributed by atoms with E-state index in [-0.39, 0.29) is 47.7 Å². The molecule has 0 aliphatic carbocycles. The van der Waals surface area contributed by atoms with Crippen molar-refractivity contribution in [2.24, 2.45) is 10.9 Å². The largest absolute Gasteiger partial charge is 0.356 e. The molecule has 0 aliphatic heterocycles. The van der Waals surface area contributed by atoms with Gasteiger partial charge in [0.2, 0.25) is 5.91 Å². The van der Waals surface area contributed by atoms with Gasteiger partial charge in [0.1, 0.15) is 0 Å². The molecule has 1 aromatic carbocycles. The lowest BCUT2D eigenvalue weighted by Gasteiger charge is -2.21. The third-order valence-corrected chi connectivity index (χ3v) is 3.18. The molecule has 1 rings (SSSR count). The molecule has 0 aliphatic rings. The molecule has 27 heavy (non-hydrogen) atoms. The predicted molar refractivity (Wildman–Crippen MR) is 118 cm³/mol. The van der Waals surface area contributed by atoms with Crippen LogP contribution in [0.25, 0.3) is 0 Å². The number of hydrogen-bond acceptors (Lipinski definition) is 4. The average Bonchev–Trinajstić information content (AvgIpc) is 2.52. The Bertz CT molecular complexity index is 639. The maximum Gasteiger partial charge on any atom is 0.269 e.